The maximum absolute atomic E-state index is 11.8. The van der Waals surface area contributed by atoms with Crippen LogP contribution >= 0.6 is 0 Å². The molecule has 5 heteroatoms. The summed E-state index contributed by atoms with van der Waals surface area (Å²) in [6, 6.07) is 0. The summed E-state index contributed by atoms with van der Waals surface area (Å²) in [4.78, 5) is 16.4. The van der Waals surface area contributed by atoms with E-state index >= 15 is 0 Å². The van der Waals surface area contributed by atoms with Crippen LogP contribution < -0.4 is 11.1 Å². The lowest BCUT2D eigenvalue weighted by atomic mass is 10.3. The predicted octanol–water partition coefficient (Wildman–Crippen LogP) is -0.521. The molecule has 1 heterocycles. The van der Waals surface area contributed by atoms with Crippen LogP contribution in [0.3, 0.4) is 0 Å². The highest BCUT2D eigenvalue weighted by atomic mass is 16.2. The van der Waals surface area contributed by atoms with Crippen molar-refractivity contribution in [1.82, 2.24) is 15.1 Å². The van der Waals surface area contributed by atoms with Gasteiger partial charge in [-0.05, 0) is 38.3 Å². The highest BCUT2D eigenvalue weighted by Gasteiger charge is 2.22. The van der Waals surface area contributed by atoms with Crippen LogP contribution in [-0.4, -0.2) is 68.1 Å². The van der Waals surface area contributed by atoms with Gasteiger partial charge < -0.3 is 16.0 Å². The number of hydrogen-bond donors (Lipinski definition) is 2. The summed E-state index contributed by atoms with van der Waals surface area (Å²) in [5, 5.41) is 3.03. The molecular formula is C13H26N4O. The minimum atomic E-state index is 0.189. The van der Waals surface area contributed by atoms with Crippen molar-refractivity contribution in [3.05, 3.63) is 0 Å². The first-order valence-electron chi connectivity index (χ1n) is 7.19. The second-order valence-electron chi connectivity index (χ2n) is 5.51. The van der Waals surface area contributed by atoms with Crippen LogP contribution in [0.25, 0.3) is 0 Å². The van der Waals surface area contributed by atoms with Crippen LogP contribution in [0.5, 0.6) is 0 Å². The summed E-state index contributed by atoms with van der Waals surface area (Å²) in [5.74, 6) is 0.951. The molecule has 3 N–H and O–H groups in total. The van der Waals surface area contributed by atoms with Crippen LogP contribution in [-0.2, 0) is 4.79 Å². The Balaban J connectivity index is 1.63. The fraction of sp³-hybridized carbons (Fsp3) is 0.923. The van der Waals surface area contributed by atoms with Crippen LogP contribution in [0, 0.1) is 5.92 Å². The van der Waals surface area contributed by atoms with Gasteiger partial charge in [-0.15, -0.1) is 0 Å². The van der Waals surface area contributed by atoms with Crippen molar-refractivity contribution in [2.24, 2.45) is 11.7 Å². The number of amides is 1. The van der Waals surface area contributed by atoms with Crippen molar-refractivity contribution in [3.8, 4) is 0 Å². The molecular weight excluding hydrogens is 228 g/mol. The van der Waals surface area contributed by atoms with Gasteiger partial charge in [0.15, 0.2) is 0 Å². The van der Waals surface area contributed by atoms with E-state index in [1.54, 1.807) is 0 Å². The lowest BCUT2D eigenvalue weighted by Gasteiger charge is -2.20. The van der Waals surface area contributed by atoms with Crippen molar-refractivity contribution in [2.75, 3.05) is 52.4 Å². The van der Waals surface area contributed by atoms with Crippen molar-refractivity contribution in [2.45, 2.75) is 19.3 Å². The average molecular weight is 254 g/mol. The molecule has 0 aromatic heterocycles. The molecule has 0 atom stereocenters. The second-order valence-corrected chi connectivity index (χ2v) is 5.51. The summed E-state index contributed by atoms with van der Waals surface area (Å²) >= 11 is 0. The first kappa shape index (κ1) is 13.8. The van der Waals surface area contributed by atoms with Gasteiger partial charge in [0.1, 0.15) is 0 Å². The quantitative estimate of drug-likeness (QED) is 0.669. The van der Waals surface area contributed by atoms with E-state index in [9.17, 15) is 4.79 Å². The summed E-state index contributed by atoms with van der Waals surface area (Å²) in [5.41, 5.74) is 5.58. The summed E-state index contributed by atoms with van der Waals surface area (Å²) in [6.07, 6.45) is 3.71. The third-order valence-electron chi connectivity index (χ3n) is 3.78. The first-order valence-corrected chi connectivity index (χ1v) is 7.19. The molecule has 1 saturated carbocycles. The van der Waals surface area contributed by atoms with Crippen molar-refractivity contribution in [1.29, 1.82) is 0 Å². The highest BCUT2D eigenvalue weighted by molar-refractivity contribution is 5.78. The number of hydrogen-bond acceptors (Lipinski definition) is 4. The Labute approximate surface area is 110 Å². The Bertz CT molecular complexity index is 268. The fourth-order valence-electron chi connectivity index (χ4n) is 2.43. The van der Waals surface area contributed by atoms with Crippen molar-refractivity contribution >= 4 is 5.91 Å². The maximum atomic E-state index is 11.8. The minimum Gasteiger partial charge on any atom is -0.355 e. The molecule has 5 nitrogen and oxygen atoms in total. The SMILES string of the molecule is NCCN1CCCN(CC(=O)NCC2CC2)CC1. The topological polar surface area (TPSA) is 61.6 Å². The minimum absolute atomic E-state index is 0.189. The Morgan fingerprint density at radius 2 is 1.89 bits per heavy atom. The molecule has 0 aromatic rings. The molecule has 0 radical (unpaired) electrons. The zero-order chi connectivity index (χ0) is 12.8. The van der Waals surface area contributed by atoms with E-state index in [1.807, 2.05) is 0 Å². The molecule has 2 fully saturated rings. The number of carbonyl (C=O) groups is 1. The van der Waals surface area contributed by atoms with E-state index < -0.39 is 0 Å². The average Bonchev–Trinajstić information content (AvgIpc) is 3.16. The van der Waals surface area contributed by atoms with Crippen molar-refractivity contribution < 1.29 is 4.79 Å². The normalized spacial score (nSPS) is 22.7. The van der Waals surface area contributed by atoms with E-state index in [2.05, 4.69) is 15.1 Å². The Kier molecular flexibility index (Phi) is 5.41. The first-order chi connectivity index (χ1) is 8.78. The predicted molar refractivity (Wildman–Crippen MR) is 72.3 cm³/mol. The molecule has 0 spiro atoms. The van der Waals surface area contributed by atoms with E-state index in [4.69, 9.17) is 5.73 Å². The van der Waals surface area contributed by atoms with E-state index in [0.29, 0.717) is 6.54 Å². The number of nitrogens with zero attached hydrogens (tertiary/aromatic N) is 2. The van der Waals surface area contributed by atoms with Gasteiger partial charge in [-0.3, -0.25) is 9.69 Å². The third kappa shape index (κ3) is 4.92. The van der Waals surface area contributed by atoms with E-state index in [-0.39, 0.29) is 5.91 Å². The zero-order valence-electron chi connectivity index (χ0n) is 11.2. The zero-order valence-corrected chi connectivity index (χ0v) is 11.2. The largest absolute Gasteiger partial charge is 0.355 e. The molecule has 104 valence electrons. The summed E-state index contributed by atoms with van der Waals surface area (Å²) < 4.78 is 0. The molecule has 1 aliphatic heterocycles. The smallest absolute Gasteiger partial charge is 0.234 e. The van der Waals surface area contributed by atoms with Gasteiger partial charge in [0.2, 0.25) is 5.91 Å². The molecule has 1 saturated heterocycles. The van der Waals surface area contributed by atoms with Crippen molar-refractivity contribution in [3.63, 3.8) is 0 Å². The maximum Gasteiger partial charge on any atom is 0.234 e. The Morgan fingerprint density at radius 3 is 2.61 bits per heavy atom. The van der Waals surface area contributed by atoms with Gasteiger partial charge in [0.25, 0.3) is 0 Å². The summed E-state index contributed by atoms with van der Waals surface area (Å²) in [6.45, 7) is 7.29. The molecule has 18 heavy (non-hydrogen) atoms. The second kappa shape index (κ2) is 7.07. The number of nitrogens with two attached hydrogens (primary N) is 1. The molecule has 1 amide bonds. The van der Waals surface area contributed by atoms with Gasteiger partial charge in [0, 0.05) is 32.7 Å². The van der Waals surface area contributed by atoms with Crippen LogP contribution in [0.15, 0.2) is 0 Å². The highest BCUT2D eigenvalue weighted by Crippen LogP contribution is 2.27. The van der Waals surface area contributed by atoms with Crippen LogP contribution in [0.1, 0.15) is 19.3 Å². The molecule has 2 aliphatic rings. The van der Waals surface area contributed by atoms with Crippen LogP contribution in [0.2, 0.25) is 0 Å². The van der Waals surface area contributed by atoms with E-state index in [1.165, 1.54) is 12.8 Å². The lowest BCUT2D eigenvalue weighted by molar-refractivity contribution is -0.122. The standard InChI is InChI=1S/C13H26N4O/c14-4-7-16-5-1-6-17(9-8-16)11-13(18)15-10-12-2-3-12/h12H,1-11,14H2,(H,15,18). The van der Waals surface area contributed by atoms with Gasteiger partial charge in [-0.2, -0.15) is 0 Å². The van der Waals surface area contributed by atoms with E-state index in [0.717, 1.165) is 58.2 Å². The fourth-order valence-corrected chi connectivity index (χ4v) is 2.43. The van der Waals surface area contributed by atoms with Gasteiger partial charge in [-0.25, -0.2) is 0 Å². The number of carbonyl (C=O) groups excluding carboxylic acids is 1. The van der Waals surface area contributed by atoms with Crippen LogP contribution in [0.4, 0.5) is 0 Å². The molecule has 0 unspecified atom stereocenters. The van der Waals surface area contributed by atoms with Gasteiger partial charge in [-0.1, -0.05) is 0 Å². The molecule has 0 bridgehead atoms. The molecule has 1 aliphatic carbocycles. The Hall–Kier alpha value is -0.650. The van der Waals surface area contributed by atoms with Gasteiger partial charge in [0.05, 0.1) is 6.54 Å². The summed E-state index contributed by atoms with van der Waals surface area (Å²) in [7, 11) is 0. The third-order valence-corrected chi connectivity index (χ3v) is 3.78. The number of nitrogens with one attached hydrogen (secondary N) is 1. The monoisotopic (exact) mass is 254 g/mol. The molecule has 0 aromatic carbocycles. The Morgan fingerprint density at radius 1 is 1.17 bits per heavy atom. The number of rotatable bonds is 6. The lowest BCUT2D eigenvalue weighted by Crippen LogP contribution is -2.40. The van der Waals surface area contributed by atoms with Gasteiger partial charge >= 0.3 is 0 Å². The molecule has 2 rings (SSSR count).